The molecule has 2 aromatic heterocycles. The fraction of sp³-hybridized carbons (Fsp3) is 0.100. The third-order valence-corrected chi connectivity index (χ3v) is 1.90. The first-order chi connectivity index (χ1) is 7.31. The van der Waals surface area contributed by atoms with Gasteiger partial charge in [0.2, 0.25) is 0 Å². The van der Waals surface area contributed by atoms with Crippen molar-refractivity contribution in [2.24, 2.45) is 0 Å². The molecule has 0 amide bonds. The summed E-state index contributed by atoms with van der Waals surface area (Å²) < 4.78 is 0. The Morgan fingerprint density at radius 3 is 2.73 bits per heavy atom. The predicted octanol–water partition coefficient (Wildman–Crippen LogP) is 1.05. The number of aromatic nitrogens is 4. The molecule has 0 radical (unpaired) electrons. The average Bonchev–Trinajstić information content (AvgIpc) is 2.31. The van der Waals surface area contributed by atoms with Crippen molar-refractivity contribution in [3.8, 4) is 11.4 Å². The van der Waals surface area contributed by atoms with Gasteiger partial charge in [0.15, 0.2) is 12.1 Å². The fourth-order valence-electron chi connectivity index (χ4n) is 1.19. The van der Waals surface area contributed by atoms with Gasteiger partial charge in [-0.15, -0.1) is 0 Å². The Kier molecular flexibility index (Phi) is 2.45. The molecular weight excluding hydrogens is 192 g/mol. The van der Waals surface area contributed by atoms with Crippen molar-refractivity contribution >= 4 is 6.29 Å². The molecule has 74 valence electrons. The topological polar surface area (TPSA) is 68.6 Å². The lowest BCUT2D eigenvalue weighted by Crippen LogP contribution is -1.98. The summed E-state index contributed by atoms with van der Waals surface area (Å²) in [5.41, 5.74) is 2.14. The van der Waals surface area contributed by atoms with Crippen LogP contribution in [0.25, 0.3) is 11.4 Å². The summed E-state index contributed by atoms with van der Waals surface area (Å²) in [5.74, 6) is 0.154. The first-order valence-electron chi connectivity index (χ1n) is 4.36. The molecule has 15 heavy (non-hydrogen) atoms. The quantitative estimate of drug-likeness (QED) is 0.678. The van der Waals surface area contributed by atoms with Gasteiger partial charge in [0.25, 0.3) is 0 Å². The highest BCUT2D eigenvalue weighted by atomic mass is 16.1. The number of hydrogen-bond donors (Lipinski definition) is 0. The lowest BCUT2D eigenvalue weighted by Gasteiger charge is -2.02. The molecule has 0 unspecified atom stereocenters. The summed E-state index contributed by atoms with van der Waals surface area (Å²) in [4.78, 5) is 26.5. The van der Waals surface area contributed by atoms with Crippen LogP contribution in [0.4, 0.5) is 0 Å². The molecule has 0 aliphatic carbocycles. The number of aldehydes is 1. The van der Waals surface area contributed by atoms with Gasteiger partial charge in [-0.3, -0.25) is 14.8 Å². The minimum absolute atomic E-state index is 0.154. The third-order valence-electron chi connectivity index (χ3n) is 1.90. The number of carbonyl (C=O) groups is 1. The lowest BCUT2D eigenvalue weighted by atomic mass is 10.2. The zero-order chi connectivity index (χ0) is 10.7. The zero-order valence-electron chi connectivity index (χ0n) is 8.08. The van der Waals surface area contributed by atoms with Gasteiger partial charge in [-0.2, -0.15) is 0 Å². The van der Waals surface area contributed by atoms with E-state index in [1.54, 1.807) is 24.8 Å². The molecule has 0 atom stereocenters. The molecule has 0 fully saturated rings. The van der Waals surface area contributed by atoms with E-state index in [4.69, 9.17) is 0 Å². The Balaban J connectivity index is 2.57. The zero-order valence-corrected chi connectivity index (χ0v) is 8.08. The van der Waals surface area contributed by atoms with E-state index in [1.165, 1.54) is 0 Å². The van der Waals surface area contributed by atoms with Crippen molar-refractivity contribution in [1.29, 1.82) is 0 Å². The van der Waals surface area contributed by atoms with E-state index in [1.807, 2.05) is 6.92 Å². The van der Waals surface area contributed by atoms with Gasteiger partial charge in [0, 0.05) is 18.6 Å². The molecule has 0 saturated heterocycles. The van der Waals surface area contributed by atoms with Crippen molar-refractivity contribution in [3.05, 3.63) is 36.2 Å². The van der Waals surface area contributed by atoms with E-state index in [-0.39, 0.29) is 5.82 Å². The van der Waals surface area contributed by atoms with E-state index >= 15 is 0 Å². The molecule has 0 N–H and O–H groups in total. The normalized spacial score (nSPS) is 9.93. The van der Waals surface area contributed by atoms with Crippen LogP contribution in [-0.2, 0) is 0 Å². The van der Waals surface area contributed by atoms with Crippen molar-refractivity contribution < 1.29 is 4.79 Å². The lowest BCUT2D eigenvalue weighted by molar-refractivity contribution is 0.111. The minimum atomic E-state index is 0.154. The maximum absolute atomic E-state index is 10.5. The second-order valence-corrected chi connectivity index (χ2v) is 2.97. The summed E-state index contributed by atoms with van der Waals surface area (Å²) >= 11 is 0. The largest absolute Gasteiger partial charge is 0.294 e. The molecule has 0 saturated carbocycles. The Morgan fingerprint density at radius 1 is 1.20 bits per heavy atom. The fourth-order valence-corrected chi connectivity index (χ4v) is 1.19. The van der Waals surface area contributed by atoms with Gasteiger partial charge in [-0.25, -0.2) is 9.97 Å². The Labute approximate surface area is 86.3 Å². The summed E-state index contributed by atoms with van der Waals surface area (Å²) in [5, 5.41) is 0. The number of rotatable bonds is 2. The molecule has 2 heterocycles. The van der Waals surface area contributed by atoms with Crippen LogP contribution in [0.5, 0.6) is 0 Å². The maximum Gasteiger partial charge on any atom is 0.193 e. The van der Waals surface area contributed by atoms with Crippen LogP contribution in [0.2, 0.25) is 0 Å². The number of aryl methyl sites for hydroxylation is 1. The molecule has 0 spiro atoms. The maximum atomic E-state index is 10.5. The molecule has 2 aromatic rings. The first kappa shape index (κ1) is 9.39. The monoisotopic (exact) mass is 200 g/mol. The van der Waals surface area contributed by atoms with E-state index in [9.17, 15) is 4.79 Å². The smallest absolute Gasteiger partial charge is 0.193 e. The third kappa shape index (κ3) is 1.85. The molecule has 0 bridgehead atoms. The number of hydrogen-bond acceptors (Lipinski definition) is 5. The van der Waals surface area contributed by atoms with Crippen LogP contribution in [-0.4, -0.2) is 26.2 Å². The average molecular weight is 200 g/mol. The highest BCUT2D eigenvalue weighted by Gasteiger charge is 2.06. The highest BCUT2D eigenvalue weighted by molar-refractivity contribution is 5.71. The van der Waals surface area contributed by atoms with Gasteiger partial charge < -0.3 is 0 Å². The second-order valence-electron chi connectivity index (χ2n) is 2.97. The van der Waals surface area contributed by atoms with E-state index in [2.05, 4.69) is 19.9 Å². The number of carbonyl (C=O) groups excluding carboxylic acids is 1. The van der Waals surface area contributed by atoms with Gasteiger partial charge in [0.05, 0.1) is 11.9 Å². The van der Waals surface area contributed by atoms with E-state index < -0.39 is 0 Å². The van der Waals surface area contributed by atoms with E-state index in [0.717, 1.165) is 5.56 Å². The van der Waals surface area contributed by atoms with Crippen LogP contribution >= 0.6 is 0 Å². The molecule has 5 nitrogen and oxygen atoms in total. The van der Waals surface area contributed by atoms with Crippen molar-refractivity contribution in [2.45, 2.75) is 6.92 Å². The molecule has 5 heteroatoms. The SMILES string of the molecule is Cc1cnc(C=O)nc1-c1cnccn1. The van der Waals surface area contributed by atoms with Gasteiger partial charge >= 0.3 is 0 Å². The molecule has 0 aliphatic rings. The van der Waals surface area contributed by atoms with Crippen LogP contribution in [0, 0.1) is 6.92 Å². The highest BCUT2D eigenvalue weighted by Crippen LogP contribution is 2.16. The minimum Gasteiger partial charge on any atom is -0.294 e. The molecule has 2 rings (SSSR count). The molecular formula is C10H8N4O. The van der Waals surface area contributed by atoms with Crippen molar-refractivity contribution in [3.63, 3.8) is 0 Å². The molecule has 0 aromatic carbocycles. The first-order valence-corrected chi connectivity index (χ1v) is 4.36. The molecule has 0 aliphatic heterocycles. The Hall–Kier alpha value is -2.17. The van der Waals surface area contributed by atoms with Crippen molar-refractivity contribution in [1.82, 2.24) is 19.9 Å². The summed E-state index contributed by atoms with van der Waals surface area (Å²) in [6, 6.07) is 0. The number of nitrogens with zero attached hydrogens (tertiary/aromatic N) is 4. The second kappa shape index (κ2) is 3.91. The van der Waals surface area contributed by atoms with Gasteiger partial charge in [0.1, 0.15) is 5.69 Å². The van der Waals surface area contributed by atoms with Crippen LogP contribution in [0.3, 0.4) is 0 Å². The summed E-state index contributed by atoms with van der Waals surface area (Å²) in [7, 11) is 0. The van der Waals surface area contributed by atoms with Crippen LogP contribution in [0.1, 0.15) is 16.2 Å². The van der Waals surface area contributed by atoms with Crippen molar-refractivity contribution in [2.75, 3.05) is 0 Å². The van der Waals surface area contributed by atoms with Gasteiger partial charge in [-0.1, -0.05) is 0 Å². The van der Waals surface area contributed by atoms with Gasteiger partial charge in [-0.05, 0) is 12.5 Å². The van der Waals surface area contributed by atoms with E-state index in [0.29, 0.717) is 17.7 Å². The van der Waals surface area contributed by atoms with Crippen LogP contribution < -0.4 is 0 Å². The Bertz CT molecular complexity index is 484. The Morgan fingerprint density at radius 2 is 2.07 bits per heavy atom. The predicted molar refractivity (Wildman–Crippen MR) is 53.2 cm³/mol. The standard InChI is InChI=1S/C10H8N4O/c1-7-4-13-9(6-15)14-10(7)8-5-11-2-3-12-8/h2-6H,1H3. The summed E-state index contributed by atoms with van der Waals surface area (Å²) in [6.07, 6.45) is 6.97. The van der Waals surface area contributed by atoms with Crippen LogP contribution in [0.15, 0.2) is 24.8 Å². The summed E-state index contributed by atoms with van der Waals surface area (Å²) in [6.45, 7) is 1.86.